The number of hydrogen-bond donors (Lipinski definition) is 2. The molecule has 0 spiro atoms. The molecule has 0 aliphatic heterocycles. The minimum Gasteiger partial charge on any atom is -0.338 e. The van der Waals surface area contributed by atoms with Crippen LogP contribution >= 0.6 is 0 Å². The van der Waals surface area contributed by atoms with E-state index < -0.39 is 5.54 Å². The van der Waals surface area contributed by atoms with Gasteiger partial charge in [0.1, 0.15) is 0 Å². The Labute approximate surface area is 81.6 Å². The molecule has 14 heavy (non-hydrogen) atoms. The van der Waals surface area contributed by atoms with Crippen molar-refractivity contribution in [1.29, 1.82) is 0 Å². The van der Waals surface area contributed by atoms with Gasteiger partial charge in [-0.1, -0.05) is 5.16 Å². The van der Waals surface area contributed by atoms with Gasteiger partial charge in [0, 0.05) is 5.56 Å². The lowest BCUT2D eigenvalue weighted by atomic mass is 10.2. The first kappa shape index (κ1) is 9.21. The van der Waals surface area contributed by atoms with Crippen molar-refractivity contribution in [1.82, 2.24) is 5.16 Å². The highest BCUT2D eigenvalue weighted by molar-refractivity contribution is 5.99. The van der Waals surface area contributed by atoms with Gasteiger partial charge in [-0.25, -0.2) is 0 Å². The Kier molecular flexibility index (Phi) is 1.85. The summed E-state index contributed by atoms with van der Waals surface area (Å²) in [5.74, 6) is 0.223. The number of aromatic nitrogens is 1. The summed E-state index contributed by atoms with van der Waals surface area (Å²) in [7, 11) is 0. The van der Waals surface area contributed by atoms with E-state index in [0.29, 0.717) is 5.88 Å². The average Bonchev–Trinajstić information content (AvgIpc) is 2.83. The predicted octanol–water partition coefficient (Wildman–Crippen LogP) is 0.721. The first-order valence-electron chi connectivity index (χ1n) is 4.56. The van der Waals surface area contributed by atoms with Crippen LogP contribution in [0.1, 0.15) is 24.1 Å². The summed E-state index contributed by atoms with van der Waals surface area (Å²) in [5, 5.41) is 6.38. The van der Waals surface area contributed by atoms with Crippen LogP contribution in [-0.2, 0) is 4.79 Å². The maximum atomic E-state index is 11.5. The molecular formula is C9H13N3O2. The molecule has 2 rings (SSSR count). The minimum atomic E-state index is -0.673. The molecule has 0 aromatic carbocycles. The fraction of sp³-hybridized carbons (Fsp3) is 0.556. The average molecular weight is 195 g/mol. The number of aryl methyl sites for hydroxylation is 1. The molecule has 1 fully saturated rings. The monoisotopic (exact) mass is 195 g/mol. The van der Waals surface area contributed by atoms with Crippen LogP contribution in [0.15, 0.2) is 4.52 Å². The van der Waals surface area contributed by atoms with Gasteiger partial charge in [-0.3, -0.25) is 10.1 Å². The van der Waals surface area contributed by atoms with Crippen molar-refractivity contribution >= 4 is 11.8 Å². The van der Waals surface area contributed by atoms with Crippen molar-refractivity contribution in [3.63, 3.8) is 0 Å². The standard InChI is InChI=1S/C9H13N3O2/c1-5-6(2)12-14-7(5)11-8(13)9(10)3-4-9/h3-4,10H2,1-2H3,(H,11,13). The van der Waals surface area contributed by atoms with Crippen molar-refractivity contribution in [2.45, 2.75) is 32.2 Å². The maximum absolute atomic E-state index is 11.5. The number of nitrogens with two attached hydrogens (primary N) is 1. The van der Waals surface area contributed by atoms with Gasteiger partial charge in [0.25, 0.3) is 0 Å². The molecule has 0 bridgehead atoms. The van der Waals surface area contributed by atoms with Crippen molar-refractivity contribution in [2.24, 2.45) is 5.73 Å². The zero-order valence-electron chi connectivity index (χ0n) is 8.26. The Bertz CT molecular complexity index is 379. The van der Waals surface area contributed by atoms with Gasteiger partial charge in [0.05, 0.1) is 11.2 Å². The second-order valence-corrected chi connectivity index (χ2v) is 3.83. The number of rotatable bonds is 2. The van der Waals surface area contributed by atoms with E-state index in [-0.39, 0.29) is 5.91 Å². The topological polar surface area (TPSA) is 81.2 Å². The maximum Gasteiger partial charge on any atom is 0.246 e. The van der Waals surface area contributed by atoms with Gasteiger partial charge in [0.2, 0.25) is 11.8 Å². The third-order valence-corrected chi connectivity index (χ3v) is 2.63. The summed E-state index contributed by atoms with van der Waals surface area (Å²) in [5.41, 5.74) is 6.68. The fourth-order valence-electron chi connectivity index (χ4n) is 1.12. The Morgan fingerprint density at radius 2 is 2.21 bits per heavy atom. The number of hydrogen-bond acceptors (Lipinski definition) is 4. The van der Waals surface area contributed by atoms with E-state index in [2.05, 4.69) is 10.5 Å². The van der Waals surface area contributed by atoms with E-state index in [1.54, 1.807) is 0 Å². The number of nitrogens with zero attached hydrogens (tertiary/aromatic N) is 1. The van der Waals surface area contributed by atoms with Crippen molar-refractivity contribution in [3.8, 4) is 0 Å². The lowest BCUT2D eigenvalue weighted by Gasteiger charge is -2.07. The molecule has 3 N–H and O–H groups in total. The van der Waals surface area contributed by atoms with E-state index in [9.17, 15) is 4.79 Å². The van der Waals surface area contributed by atoms with Crippen LogP contribution < -0.4 is 11.1 Å². The van der Waals surface area contributed by atoms with E-state index in [4.69, 9.17) is 10.3 Å². The third-order valence-electron chi connectivity index (χ3n) is 2.63. The lowest BCUT2D eigenvalue weighted by molar-refractivity contribution is -0.118. The summed E-state index contributed by atoms with van der Waals surface area (Å²) in [4.78, 5) is 11.5. The molecule has 1 aromatic rings. The Morgan fingerprint density at radius 1 is 1.57 bits per heavy atom. The molecule has 0 radical (unpaired) electrons. The molecule has 1 aliphatic rings. The Balaban J connectivity index is 2.11. The van der Waals surface area contributed by atoms with Crippen LogP contribution in [0.4, 0.5) is 5.88 Å². The minimum absolute atomic E-state index is 0.184. The van der Waals surface area contributed by atoms with Crippen LogP contribution in [0.2, 0.25) is 0 Å². The van der Waals surface area contributed by atoms with E-state index >= 15 is 0 Å². The molecule has 76 valence electrons. The molecule has 5 nitrogen and oxygen atoms in total. The first-order valence-corrected chi connectivity index (χ1v) is 4.56. The Hall–Kier alpha value is -1.36. The van der Waals surface area contributed by atoms with Gasteiger partial charge >= 0.3 is 0 Å². The second-order valence-electron chi connectivity index (χ2n) is 3.83. The largest absolute Gasteiger partial charge is 0.338 e. The predicted molar refractivity (Wildman–Crippen MR) is 50.8 cm³/mol. The van der Waals surface area contributed by atoms with Gasteiger partial charge in [0.15, 0.2) is 0 Å². The number of amides is 1. The van der Waals surface area contributed by atoms with Crippen LogP contribution in [0.25, 0.3) is 0 Å². The Morgan fingerprint density at radius 3 is 2.64 bits per heavy atom. The molecule has 5 heteroatoms. The van der Waals surface area contributed by atoms with Crippen LogP contribution in [0, 0.1) is 13.8 Å². The van der Waals surface area contributed by atoms with Gasteiger partial charge in [-0.15, -0.1) is 0 Å². The van der Waals surface area contributed by atoms with E-state index in [1.807, 2.05) is 13.8 Å². The molecule has 0 unspecified atom stereocenters. The van der Waals surface area contributed by atoms with Gasteiger partial charge < -0.3 is 10.3 Å². The summed E-state index contributed by atoms with van der Waals surface area (Å²) in [6, 6.07) is 0. The second kappa shape index (κ2) is 2.81. The highest BCUT2D eigenvalue weighted by Gasteiger charge is 2.46. The van der Waals surface area contributed by atoms with Crippen LogP contribution in [0.3, 0.4) is 0 Å². The van der Waals surface area contributed by atoms with Gasteiger partial charge in [-0.05, 0) is 26.7 Å². The summed E-state index contributed by atoms with van der Waals surface area (Å²) in [6.07, 6.45) is 1.48. The molecule has 0 atom stereocenters. The highest BCUT2D eigenvalue weighted by Crippen LogP contribution is 2.33. The van der Waals surface area contributed by atoms with E-state index in [0.717, 1.165) is 24.1 Å². The number of anilines is 1. The highest BCUT2D eigenvalue weighted by atomic mass is 16.5. The summed E-state index contributed by atoms with van der Waals surface area (Å²) >= 11 is 0. The van der Waals surface area contributed by atoms with Crippen molar-refractivity contribution in [2.75, 3.05) is 5.32 Å². The summed E-state index contributed by atoms with van der Waals surface area (Å²) < 4.78 is 4.95. The molecule has 1 heterocycles. The third kappa shape index (κ3) is 1.39. The van der Waals surface area contributed by atoms with Crippen LogP contribution in [0.5, 0.6) is 0 Å². The number of carbonyl (C=O) groups is 1. The molecule has 0 saturated heterocycles. The van der Waals surface area contributed by atoms with Crippen molar-refractivity contribution in [3.05, 3.63) is 11.3 Å². The molecule has 1 saturated carbocycles. The fourth-order valence-corrected chi connectivity index (χ4v) is 1.12. The van der Waals surface area contributed by atoms with Crippen molar-refractivity contribution < 1.29 is 9.32 Å². The number of nitrogens with one attached hydrogen (secondary N) is 1. The SMILES string of the molecule is Cc1noc(NC(=O)C2(N)CC2)c1C. The smallest absolute Gasteiger partial charge is 0.246 e. The zero-order valence-corrected chi connectivity index (χ0v) is 8.26. The summed E-state index contributed by atoms with van der Waals surface area (Å²) in [6.45, 7) is 3.67. The van der Waals surface area contributed by atoms with Crippen LogP contribution in [-0.4, -0.2) is 16.6 Å². The van der Waals surface area contributed by atoms with Gasteiger partial charge in [-0.2, -0.15) is 0 Å². The molecule has 1 aliphatic carbocycles. The normalized spacial score (nSPS) is 17.9. The zero-order chi connectivity index (χ0) is 10.3. The van der Waals surface area contributed by atoms with E-state index in [1.165, 1.54) is 0 Å². The first-order chi connectivity index (χ1) is 6.53. The quantitative estimate of drug-likeness (QED) is 0.728. The molecule has 1 aromatic heterocycles. The lowest BCUT2D eigenvalue weighted by Crippen LogP contribution is -2.37. The number of carbonyl (C=O) groups excluding carboxylic acids is 1. The molecule has 1 amide bonds. The molecular weight excluding hydrogens is 182 g/mol.